The second-order valence-electron chi connectivity index (χ2n) is 5.90. The van der Waals surface area contributed by atoms with Crippen LogP contribution in [-0.2, 0) is 9.59 Å². The molecule has 8 nitrogen and oxygen atoms in total. The smallest absolute Gasteiger partial charge is 0.324 e. The summed E-state index contributed by atoms with van der Waals surface area (Å²) in [6.45, 7) is 3.86. The third-order valence-electron chi connectivity index (χ3n) is 3.91. The fourth-order valence-corrected chi connectivity index (χ4v) is 2.31. The number of para-hydroxylation sites is 1. The fourth-order valence-electron chi connectivity index (χ4n) is 2.31. The van der Waals surface area contributed by atoms with E-state index in [1.807, 2.05) is 13.8 Å². The molecule has 0 bridgehead atoms. The van der Waals surface area contributed by atoms with Crippen molar-refractivity contribution in [2.75, 3.05) is 18.4 Å². The summed E-state index contributed by atoms with van der Waals surface area (Å²) < 4.78 is 0. The van der Waals surface area contributed by atoms with Gasteiger partial charge >= 0.3 is 6.03 Å². The normalized spacial score (nSPS) is 15.4. The molecule has 0 saturated carbocycles. The molecule has 2 rings (SSSR count). The quantitative estimate of drug-likeness (QED) is 0.717. The second-order valence-corrected chi connectivity index (χ2v) is 5.90. The fraction of sp³-hybridized carbons (Fsp3) is 0.412. The van der Waals surface area contributed by atoms with Gasteiger partial charge in [0.1, 0.15) is 6.54 Å². The molecule has 1 aromatic rings. The molecule has 1 aliphatic heterocycles. The zero-order valence-corrected chi connectivity index (χ0v) is 14.3. The van der Waals surface area contributed by atoms with Crippen LogP contribution in [-0.4, -0.2) is 47.8 Å². The summed E-state index contributed by atoms with van der Waals surface area (Å²) in [6, 6.07) is 6.11. The van der Waals surface area contributed by atoms with Crippen LogP contribution in [0.15, 0.2) is 24.3 Å². The molecule has 1 heterocycles. The van der Waals surface area contributed by atoms with Crippen molar-refractivity contribution in [2.24, 2.45) is 0 Å². The van der Waals surface area contributed by atoms with Crippen LogP contribution in [0.1, 0.15) is 37.0 Å². The van der Waals surface area contributed by atoms with Gasteiger partial charge in [-0.15, -0.1) is 0 Å². The Bertz CT molecular complexity index is 689. The molecule has 1 aromatic carbocycles. The summed E-state index contributed by atoms with van der Waals surface area (Å²) in [4.78, 5) is 48.6. The van der Waals surface area contributed by atoms with Crippen LogP contribution in [0.3, 0.4) is 0 Å². The van der Waals surface area contributed by atoms with Gasteiger partial charge in [-0.25, -0.2) is 4.79 Å². The standard InChI is InChI=1S/C17H22N4O4/c1-3-11(2)18-16(24)12-6-4-5-7-13(12)19-15(23)10-21-9-8-14(22)20-17(21)25/h4-7,11H,3,8-10H2,1-2H3,(H,18,24)(H,19,23)(H,20,22,25)/t11-/m1/s1. The van der Waals surface area contributed by atoms with Crippen LogP contribution < -0.4 is 16.0 Å². The Hall–Kier alpha value is -2.90. The maximum absolute atomic E-state index is 12.3. The Morgan fingerprint density at radius 3 is 2.68 bits per heavy atom. The Morgan fingerprint density at radius 1 is 1.28 bits per heavy atom. The number of rotatable bonds is 6. The lowest BCUT2D eigenvalue weighted by Gasteiger charge is -2.25. The van der Waals surface area contributed by atoms with Crippen molar-refractivity contribution < 1.29 is 19.2 Å². The zero-order chi connectivity index (χ0) is 18.4. The van der Waals surface area contributed by atoms with Crippen molar-refractivity contribution in [3.63, 3.8) is 0 Å². The first-order chi connectivity index (χ1) is 11.9. The summed E-state index contributed by atoms with van der Waals surface area (Å²) in [5.41, 5.74) is 0.733. The summed E-state index contributed by atoms with van der Waals surface area (Å²) >= 11 is 0. The average Bonchev–Trinajstić information content (AvgIpc) is 2.57. The van der Waals surface area contributed by atoms with Gasteiger partial charge in [0.15, 0.2) is 0 Å². The van der Waals surface area contributed by atoms with E-state index in [4.69, 9.17) is 0 Å². The summed E-state index contributed by atoms with van der Waals surface area (Å²) in [6.07, 6.45) is 0.954. The van der Waals surface area contributed by atoms with Gasteiger partial charge in [-0.2, -0.15) is 0 Å². The van der Waals surface area contributed by atoms with Crippen LogP contribution in [0.2, 0.25) is 0 Å². The number of imide groups is 1. The number of amides is 5. The number of carbonyl (C=O) groups excluding carboxylic acids is 4. The van der Waals surface area contributed by atoms with Crippen molar-refractivity contribution in [1.82, 2.24) is 15.5 Å². The molecule has 8 heteroatoms. The lowest BCUT2D eigenvalue weighted by Crippen LogP contribution is -2.51. The van der Waals surface area contributed by atoms with Gasteiger partial charge < -0.3 is 15.5 Å². The number of nitrogens with zero attached hydrogens (tertiary/aromatic N) is 1. The maximum Gasteiger partial charge on any atom is 0.324 e. The first-order valence-electron chi connectivity index (χ1n) is 8.19. The SMILES string of the molecule is CC[C@@H](C)NC(=O)c1ccccc1NC(=O)CN1CCC(=O)NC1=O. The van der Waals surface area contributed by atoms with Crippen LogP contribution in [0.4, 0.5) is 10.5 Å². The minimum Gasteiger partial charge on any atom is -0.350 e. The summed E-state index contributed by atoms with van der Waals surface area (Å²) in [5.74, 6) is -1.06. The van der Waals surface area contributed by atoms with Gasteiger partial charge in [-0.3, -0.25) is 19.7 Å². The van der Waals surface area contributed by atoms with E-state index < -0.39 is 11.9 Å². The molecule has 0 spiro atoms. The highest BCUT2D eigenvalue weighted by Crippen LogP contribution is 2.15. The Kier molecular flexibility index (Phi) is 6.10. The van der Waals surface area contributed by atoms with E-state index in [0.29, 0.717) is 11.3 Å². The minimum absolute atomic E-state index is 0.0193. The number of nitrogens with one attached hydrogen (secondary N) is 3. The molecule has 25 heavy (non-hydrogen) atoms. The largest absolute Gasteiger partial charge is 0.350 e. The molecular formula is C17H22N4O4. The lowest BCUT2D eigenvalue weighted by molar-refractivity contribution is -0.123. The molecule has 0 aromatic heterocycles. The molecular weight excluding hydrogens is 324 g/mol. The Balaban J connectivity index is 2.02. The van der Waals surface area contributed by atoms with Crippen LogP contribution >= 0.6 is 0 Å². The van der Waals surface area contributed by atoms with Crippen molar-refractivity contribution in [3.8, 4) is 0 Å². The van der Waals surface area contributed by atoms with Gasteiger partial charge in [0.25, 0.3) is 5.91 Å². The van der Waals surface area contributed by atoms with Crippen LogP contribution in [0, 0.1) is 0 Å². The highest BCUT2D eigenvalue weighted by molar-refractivity contribution is 6.05. The molecule has 1 aliphatic rings. The topological polar surface area (TPSA) is 108 Å². The van der Waals surface area contributed by atoms with Gasteiger partial charge in [-0.1, -0.05) is 19.1 Å². The van der Waals surface area contributed by atoms with Crippen molar-refractivity contribution in [2.45, 2.75) is 32.7 Å². The molecule has 134 valence electrons. The number of benzene rings is 1. The molecule has 0 radical (unpaired) electrons. The molecule has 1 fully saturated rings. The van der Waals surface area contributed by atoms with E-state index in [1.165, 1.54) is 4.90 Å². The van der Waals surface area contributed by atoms with Crippen molar-refractivity contribution in [3.05, 3.63) is 29.8 Å². The van der Waals surface area contributed by atoms with E-state index >= 15 is 0 Å². The zero-order valence-electron chi connectivity index (χ0n) is 14.3. The average molecular weight is 346 g/mol. The van der Waals surface area contributed by atoms with Crippen molar-refractivity contribution in [1.29, 1.82) is 0 Å². The van der Waals surface area contributed by atoms with Crippen LogP contribution in [0.5, 0.6) is 0 Å². The number of hydrogen-bond acceptors (Lipinski definition) is 4. The highest BCUT2D eigenvalue weighted by Gasteiger charge is 2.25. The Morgan fingerprint density at radius 2 is 2.00 bits per heavy atom. The summed E-state index contributed by atoms with van der Waals surface area (Å²) in [5, 5.41) is 7.67. The monoisotopic (exact) mass is 346 g/mol. The first-order valence-corrected chi connectivity index (χ1v) is 8.19. The van der Waals surface area contributed by atoms with Gasteiger partial charge in [0.2, 0.25) is 11.8 Å². The number of anilines is 1. The maximum atomic E-state index is 12.3. The van der Waals surface area contributed by atoms with E-state index in [9.17, 15) is 19.2 Å². The van der Waals surface area contributed by atoms with E-state index in [2.05, 4.69) is 16.0 Å². The van der Waals surface area contributed by atoms with Crippen LogP contribution in [0.25, 0.3) is 0 Å². The molecule has 3 N–H and O–H groups in total. The van der Waals surface area contributed by atoms with E-state index in [-0.39, 0.29) is 37.4 Å². The minimum atomic E-state index is -0.589. The van der Waals surface area contributed by atoms with Gasteiger partial charge in [-0.05, 0) is 25.5 Å². The molecule has 0 aliphatic carbocycles. The molecule has 1 saturated heterocycles. The predicted molar refractivity (Wildman–Crippen MR) is 92.0 cm³/mol. The molecule has 5 amide bonds. The predicted octanol–water partition coefficient (Wildman–Crippen LogP) is 1.10. The second kappa shape index (κ2) is 8.27. The first kappa shape index (κ1) is 18.4. The van der Waals surface area contributed by atoms with E-state index in [0.717, 1.165) is 6.42 Å². The Labute approximate surface area is 145 Å². The number of hydrogen-bond donors (Lipinski definition) is 3. The number of carbonyl (C=O) groups is 4. The molecule has 1 atom stereocenters. The third kappa shape index (κ3) is 5.03. The van der Waals surface area contributed by atoms with Gasteiger partial charge in [0.05, 0.1) is 11.3 Å². The number of urea groups is 1. The summed E-state index contributed by atoms with van der Waals surface area (Å²) in [7, 11) is 0. The third-order valence-corrected chi connectivity index (χ3v) is 3.91. The van der Waals surface area contributed by atoms with Gasteiger partial charge in [0, 0.05) is 19.0 Å². The van der Waals surface area contributed by atoms with E-state index in [1.54, 1.807) is 24.3 Å². The highest BCUT2D eigenvalue weighted by atomic mass is 16.2. The van der Waals surface area contributed by atoms with Crippen molar-refractivity contribution >= 4 is 29.4 Å². The lowest BCUT2D eigenvalue weighted by atomic mass is 10.1. The molecule has 0 unspecified atom stereocenters.